The lowest BCUT2D eigenvalue weighted by molar-refractivity contribution is -0.0401. The van der Waals surface area contributed by atoms with Gasteiger partial charge in [0.1, 0.15) is 11.4 Å². The van der Waals surface area contributed by atoms with Crippen molar-refractivity contribution in [3.63, 3.8) is 0 Å². The van der Waals surface area contributed by atoms with Crippen LogP contribution in [-0.2, 0) is 10.0 Å². The molecule has 2 fully saturated rings. The van der Waals surface area contributed by atoms with Crippen LogP contribution < -0.4 is 9.46 Å². The smallest absolute Gasteiger partial charge is 0.253 e. The molecule has 11 heteroatoms. The minimum absolute atomic E-state index is 0.00270. The summed E-state index contributed by atoms with van der Waals surface area (Å²) in [7, 11) is -1.51. The molecule has 1 amide bonds. The Balaban J connectivity index is 1.14. The Morgan fingerprint density at radius 2 is 1.72 bits per heavy atom. The molecule has 0 saturated carbocycles. The van der Waals surface area contributed by atoms with E-state index in [1.807, 2.05) is 67.7 Å². The van der Waals surface area contributed by atoms with E-state index in [1.165, 1.54) is 19.1 Å². The molecule has 47 heavy (non-hydrogen) atoms. The Morgan fingerprint density at radius 3 is 2.40 bits per heavy atom. The van der Waals surface area contributed by atoms with Crippen molar-refractivity contribution in [1.82, 2.24) is 14.7 Å². The highest BCUT2D eigenvalue weighted by Gasteiger charge is 2.45. The third kappa shape index (κ3) is 8.26. The summed E-state index contributed by atoms with van der Waals surface area (Å²) in [4.78, 5) is 20.1. The van der Waals surface area contributed by atoms with Crippen LogP contribution in [0.25, 0.3) is 0 Å². The molecule has 0 aromatic heterocycles. The third-order valence-corrected chi connectivity index (χ3v) is 11.3. The van der Waals surface area contributed by atoms with Crippen molar-refractivity contribution in [2.75, 3.05) is 57.3 Å². The number of ether oxygens (including phenoxy) is 1. The van der Waals surface area contributed by atoms with E-state index in [2.05, 4.69) is 14.5 Å². The Hall–Kier alpha value is -2.82. The molecule has 2 atom stereocenters. The van der Waals surface area contributed by atoms with Crippen molar-refractivity contribution in [2.45, 2.75) is 56.1 Å². The van der Waals surface area contributed by atoms with Crippen LogP contribution in [0.4, 0.5) is 5.69 Å². The van der Waals surface area contributed by atoms with Crippen molar-refractivity contribution in [3.05, 3.63) is 93.5 Å². The van der Waals surface area contributed by atoms with Crippen LogP contribution in [0.5, 0.6) is 5.75 Å². The van der Waals surface area contributed by atoms with Gasteiger partial charge in [0.25, 0.3) is 5.91 Å². The molecular weight excluding hydrogens is 655 g/mol. The van der Waals surface area contributed by atoms with E-state index in [0.717, 1.165) is 75.3 Å². The third-order valence-electron chi connectivity index (χ3n) is 9.98. The molecule has 0 radical (unpaired) electrons. The highest BCUT2D eigenvalue weighted by Crippen LogP contribution is 2.48. The van der Waals surface area contributed by atoms with Gasteiger partial charge in [-0.05, 0) is 99.8 Å². The summed E-state index contributed by atoms with van der Waals surface area (Å²) in [6.07, 6.45) is 7.15. The molecular formula is C36H44Cl2N4O4S. The number of nitrogens with zero attached hydrogens (tertiary/aromatic N) is 3. The number of rotatable bonds is 10. The van der Waals surface area contributed by atoms with E-state index in [9.17, 15) is 13.2 Å². The lowest BCUT2D eigenvalue weighted by Gasteiger charge is -2.49. The first kappa shape index (κ1) is 34.1. The predicted molar refractivity (Wildman–Crippen MR) is 189 cm³/mol. The first-order chi connectivity index (χ1) is 22.5. The molecule has 3 aromatic carbocycles. The molecule has 3 heterocycles. The molecule has 3 aliphatic rings. The van der Waals surface area contributed by atoms with Gasteiger partial charge in [0.15, 0.2) is 0 Å². The number of carbonyl (C=O) groups excluding carboxylic acids is 1. The summed E-state index contributed by atoms with van der Waals surface area (Å²) in [6.45, 7) is 5.39. The molecule has 252 valence electrons. The standard InChI is InChI=1S/C36H44Cl2N4O4S/c1-40(35(43)26-8-4-3-5-9-26)25-28(27-10-12-31(37)32(38)22-27)14-19-41-20-15-36(16-21-41)24-33(42-17-6-7-18-42)30-23-29(39-47(2,44)45)11-13-34(30)46-36/h3-5,8-13,22-23,28,33,39H,6-7,14-21,24-25H2,1-2H3. The number of halogens is 2. The maximum atomic E-state index is 13.2. The van der Waals surface area contributed by atoms with Gasteiger partial charge in [-0.25, -0.2) is 8.42 Å². The Morgan fingerprint density at radius 1 is 1.00 bits per heavy atom. The maximum Gasteiger partial charge on any atom is 0.253 e. The zero-order valence-corrected chi connectivity index (χ0v) is 29.5. The molecule has 3 aromatic rings. The number of anilines is 1. The molecule has 0 bridgehead atoms. The lowest BCUT2D eigenvalue weighted by Crippen LogP contribution is -2.52. The molecule has 2 unspecified atom stereocenters. The van der Waals surface area contributed by atoms with E-state index >= 15 is 0 Å². The zero-order chi connectivity index (χ0) is 33.2. The van der Waals surface area contributed by atoms with Crippen LogP contribution >= 0.6 is 23.2 Å². The second-order valence-corrected chi connectivity index (χ2v) is 16.0. The average Bonchev–Trinajstić information content (AvgIpc) is 3.59. The quantitative estimate of drug-likeness (QED) is 0.244. The maximum absolute atomic E-state index is 13.2. The minimum Gasteiger partial charge on any atom is -0.487 e. The van der Waals surface area contributed by atoms with Gasteiger partial charge in [-0.1, -0.05) is 47.5 Å². The van der Waals surface area contributed by atoms with Gasteiger partial charge in [-0.3, -0.25) is 14.4 Å². The van der Waals surface area contributed by atoms with E-state index < -0.39 is 10.0 Å². The fourth-order valence-corrected chi connectivity index (χ4v) is 8.33. The van der Waals surface area contributed by atoms with Crippen molar-refractivity contribution in [1.29, 1.82) is 0 Å². The molecule has 1 spiro atoms. The van der Waals surface area contributed by atoms with Crippen molar-refractivity contribution >= 4 is 44.8 Å². The summed E-state index contributed by atoms with van der Waals surface area (Å²) in [5.41, 5.74) is 3.15. The number of hydrogen-bond acceptors (Lipinski definition) is 6. The number of nitrogens with one attached hydrogen (secondary N) is 1. The largest absolute Gasteiger partial charge is 0.487 e. The van der Waals surface area contributed by atoms with Crippen LogP contribution in [0.15, 0.2) is 66.7 Å². The molecule has 8 nitrogen and oxygen atoms in total. The van der Waals surface area contributed by atoms with Crippen LogP contribution in [0.3, 0.4) is 0 Å². The number of amides is 1. The molecule has 3 aliphatic heterocycles. The Kier molecular flexibility index (Phi) is 10.4. The van der Waals surface area contributed by atoms with Gasteiger partial charge >= 0.3 is 0 Å². The monoisotopic (exact) mass is 698 g/mol. The number of fused-ring (bicyclic) bond motifs is 1. The zero-order valence-electron chi connectivity index (χ0n) is 27.1. The van der Waals surface area contributed by atoms with E-state index in [0.29, 0.717) is 27.8 Å². The highest BCUT2D eigenvalue weighted by atomic mass is 35.5. The highest BCUT2D eigenvalue weighted by molar-refractivity contribution is 7.92. The fourth-order valence-electron chi connectivity index (χ4n) is 7.47. The fraction of sp³-hybridized carbons (Fsp3) is 0.472. The van der Waals surface area contributed by atoms with Crippen LogP contribution in [0.2, 0.25) is 10.0 Å². The summed E-state index contributed by atoms with van der Waals surface area (Å²) < 4.78 is 33.3. The number of hydrogen-bond donors (Lipinski definition) is 1. The van der Waals surface area contributed by atoms with Crippen molar-refractivity contribution < 1.29 is 17.9 Å². The Labute approximate surface area is 289 Å². The molecule has 2 saturated heterocycles. The van der Waals surface area contributed by atoms with E-state index in [4.69, 9.17) is 27.9 Å². The lowest BCUT2D eigenvalue weighted by atomic mass is 9.79. The summed E-state index contributed by atoms with van der Waals surface area (Å²) in [6, 6.07) is 21.1. The summed E-state index contributed by atoms with van der Waals surface area (Å²) >= 11 is 12.7. The number of sulfonamides is 1. The normalized spacial score (nSPS) is 20.4. The second-order valence-electron chi connectivity index (χ2n) is 13.4. The number of benzene rings is 3. The van der Waals surface area contributed by atoms with E-state index in [1.54, 1.807) is 11.0 Å². The number of carbonyl (C=O) groups is 1. The molecule has 1 N–H and O–H groups in total. The van der Waals surface area contributed by atoms with Gasteiger partial charge in [0.05, 0.1) is 16.3 Å². The summed E-state index contributed by atoms with van der Waals surface area (Å²) in [5.74, 6) is 0.953. The van der Waals surface area contributed by atoms with Crippen LogP contribution in [0.1, 0.15) is 72.0 Å². The van der Waals surface area contributed by atoms with Gasteiger partial charge in [-0.15, -0.1) is 0 Å². The average molecular weight is 700 g/mol. The molecule has 0 aliphatic carbocycles. The van der Waals surface area contributed by atoms with Gasteiger partial charge in [0, 0.05) is 61.9 Å². The SMILES string of the molecule is CN(CC(CCN1CCC2(CC1)CC(N1CCCC1)c1cc(NS(C)(=O)=O)ccc1O2)c1ccc(Cl)c(Cl)c1)C(=O)c1ccccc1. The minimum atomic E-state index is -3.37. The van der Waals surface area contributed by atoms with Crippen molar-refractivity contribution in [2.24, 2.45) is 0 Å². The predicted octanol–water partition coefficient (Wildman–Crippen LogP) is 7.07. The van der Waals surface area contributed by atoms with Gasteiger partial charge < -0.3 is 14.5 Å². The first-order valence-corrected chi connectivity index (χ1v) is 19.2. The first-order valence-electron chi connectivity index (χ1n) is 16.5. The van der Waals surface area contributed by atoms with E-state index in [-0.39, 0.29) is 23.5 Å². The van der Waals surface area contributed by atoms with Crippen LogP contribution in [0, 0.1) is 0 Å². The summed E-state index contributed by atoms with van der Waals surface area (Å²) in [5, 5.41) is 1.04. The number of likely N-dealkylation sites (N-methyl/N-ethyl adjacent to an activating group) is 1. The molecule has 6 rings (SSSR count). The van der Waals surface area contributed by atoms with Crippen molar-refractivity contribution in [3.8, 4) is 5.75 Å². The van der Waals surface area contributed by atoms with Gasteiger partial charge in [-0.2, -0.15) is 0 Å². The Bertz CT molecular complexity index is 1680. The second kappa shape index (κ2) is 14.3. The number of likely N-dealkylation sites (tertiary alicyclic amines) is 2. The topological polar surface area (TPSA) is 82.2 Å². The number of piperidine rings is 1. The van der Waals surface area contributed by atoms with Crippen LogP contribution in [-0.4, -0.2) is 87.2 Å². The van der Waals surface area contributed by atoms with Gasteiger partial charge in [0.2, 0.25) is 10.0 Å².